The highest BCUT2D eigenvalue weighted by Gasteiger charge is 2.30. The van der Waals surface area contributed by atoms with Crippen LogP contribution in [0.4, 0.5) is 0 Å². The summed E-state index contributed by atoms with van der Waals surface area (Å²) in [5.41, 5.74) is 0.196. The van der Waals surface area contributed by atoms with Crippen molar-refractivity contribution in [2.75, 3.05) is 37.8 Å². The van der Waals surface area contributed by atoms with Crippen LogP contribution in [0.3, 0.4) is 0 Å². The largest absolute Gasteiger partial charge is 0.381 e. The SMILES string of the molecule is CC1CCCCC1NC(=NCC1(C)CCOCC1)NCC1CCS(=O)(=O)C1.I. The first-order valence-corrected chi connectivity index (χ1v) is 12.5. The van der Waals surface area contributed by atoms with Gasteiger partial charge in [-0.2, -0.15) is 0 Å². The molecule has 2 heterocycles. The van der Waals surface area contributed by atoms with Crippen molar-refractivity contribution >= 4 is 39.8 Å². The summed E-state index contributed by atoms with van der Waals surface area (Å²) in [6.45, 7) is 7.73. The van der Waals surface area contributed by atoms with Gasteiger partial charge in [0.2, 0.25) is 0 Å². The van der Waals surface area contributed by atoms with Crippen molar-refractivity contribution in [3.8, 4) is 0 Å². The Morgan fingerprint density at radius 2 is 1.89 bits per heavy atom. The zero-order valence-electron chi connectivity index (χ0n) is 17.4. The average molecular weight is 528 g/mol. The molecular weight excluding hydrogens is 489 g/mol. The van der Waals surface area contributed by atoms with E-state index in [0.717, 1.165) is 45.0 Å². The summed E-state index contributed by atoms with van der Waals surface area (Å²) >= 11 is 0. The molecule has 0 aromatic rings. The summed E-state index contributed by atoms with van der Waals surface area (Å²) in [4.78, 5) is 4.93. The van der Waals surface area contributed by atoms with Crippen molar-refractivity contribution in [3.05, 3.63) is 0 Å². The van der Waals surface area contributed by atoms with E-state index in [9.17, 15) is 8.42 Å². The molecule has 3 rings (SSSR count). The molecule has 3 unspecified atom stereocenters. The predicted molar refractivity (Wildman–Crippen MR) is 125 cm³/mol. The average Bonchev–Trinajstić information content (AvgIpc) is 2.98. The third kappa shape index (κ3) is 7.31. The molecule has 6 nitrogen and oxygen atoms in total. The van der Waals surface area contributed by atoms with Crippen LogP contribution in [-0.4, -0.2) is 58.2 Å². The van der Waals surface area contributed by atoms with Crippen molar-refractivity contribution in [2.45, 2.75) is 64.8 Å². The monoisotopic (exact) mass is 527 g/mol. The minimum Gasteiger partial charge on any atom is -0.381 e. The van der Waals surface area contributed by atoms with E-state index >= 15 is 0 Å². The van der Waals surface area contributed by atoms with Crippen molar-refractivity contribution in [3.63, 3.8) is 0 Å². The fourth-order valence-electron chi connectivity index (χ4n) is 4.43. The summed E-state index contributed by atoms with van der Waals surface area (Å²) in [7, 11) is -2.83. The molecule has 1 saturated carbocycles. The van der Waals surface area contributed by atoms with E-state index < -0.39 is 9.84 Å². The summed E-state index contributed by atoms with van der Waals surface area (Å²) in [6, 6.07) is 0.458. The number of aliphatic imine (C=N–C) groups is 1. The van der Waals surface area contributed by atoms with Gasteiger partial charge in [-0.3, -0.25) is 4.99 Å². The molecule has 3 fully saturated rings. The first kappa shape index (κ1) is 24.2. The number of hydrogen-bond donors (Lipinski definition) is 2. The molecule has 3 aliphatic rings. The van der Waals surface area contributed by atoms with Gasteiger partial charge in [0.1, 0.15) is 0 Å². The molecule has 0 spiro atoms. The Kier molecular flexibility index (Phi) is 9.32. The molecule has 2 saturated heterocycles. The highest BCUT2D eigenvalue weighted by Crippen LogP contribution is 2.30. The van der Waals surface area contributed by atoms with E-state index in [1.54, 1.807) is 0 Å². The molecule has 3 atom stereocenters. The number of guanidine groups is 1. The van der Waals surface area contributed by atoms with E-state index in [0.29, 0.717) is 30.0 Å². The fourth-order valence-corrected chi connectivity index (χ4v) is 6.29. The molecule has 0 amide bonds. The maximum atomic E-state index is 11.7. The number of hydrogen-bond acceptors (Lipinski definition) is 4. The van der Waals surface area contributed by atoms with Gasteiger partial charge < -0.3 is 15.4 Å². The number of rotatable bonds is 5. The lowest BCUT2D eigenvalue weighted by atomic mass is 9.82. The van der Waals surface area contributed by atoms with Crippen molar-refractivity contribution in [1.82, 2.24) is 10.6 Å². The molecule has 0 bridgehead atoms. The Hall–Kier alpha value is -0.0900. The van der Waals surface area contributed by atoms with Crippen LogP contribution in [0.25, 0.3) is 0 Å². The van der Waals surface area contributed by atoms with Crippen LogP contribution < -0.4 is 10.6 Å². The molecule has 0 aromatic carbocycles. The van der Waals surface area contributed by atoms with Gasteiger partial charge in [-0.1, -0.05) is 26.7 Å². The number of sulfone groups is 1. The van der Waals surface area contributed by atoms with Crippen LogP contribution in [-0.2, 0) is 14.6 Å². The van der Waals surface area contributed by atoms with Crippen LogP contribution in [0, 0.1) is 17.3 Å². The molecule has 0 aromatic heterocycles. The standard InChI is InChI=1S/C20H37N3O3S.HI/c1-16-5-3-4-6-18(16)23-19(21-13-17-7-12-27(24,25)14-17)22-15-20(2)8-10-26-11-9-20;/h16-18H,3-15H2,1-2H3,(H2,21,22,23);1H. The summed E-state index contributed by atoms with van der Waals surface area (Å²) in [5, 5.41) is 7.13. The summed E-state index contributed by atoms with van der Waals surface area (Å²) in [6.07, 6.45) is 7.89. The Labute approximate surface area is 188 Å². The van der Waals surface area contributed by atoms with Gasteiger partial charge in [0.25, 0.3) is 0 Å². The van der Waals surface area contributed by atoms with E-state index in [4.69, 9.17) is 9.73 Å². The highest BCUT2D eigenvalue weighted by molar-refractivity contribution is 14.0. The second-order valence-corrected chi connectivity index (χ2v) is 11.5. The lowest BCUT2D eigenvalue weighted by molar-refractivity contribution is 0.0282. The summed E-state index contributed by atoms with van der Waals surface area (Å²) < 4.78 is 29.0. The number of halogens is 1. The molecular formula is C20H38IN3O3S. The molecule has 8 heteroatoms. The van der Waals surface area contributed by atoms with Crippen LogP contribution in [0.15, 0.2) is 4.99 Å². The number of nitrogens with one attached hydrogen (secondary N) is 2. The van der Waals surface area contributed by atoms with Gasteiger partial charge in [0.05, 0.1) is 11.5 Å². The third-order valence-corrected chi connectivity index (χ3v) is 8.47. The minimum atomic E-state index is -2.83. The third-order valence-electron chi connectivity index (χ3n) is 6.64. The Morgan fingerprint density at radius 3 is 2.54 bits per heavy atom. The Bertz CT molecular complexity index is 620. The number of ether oxygens (including phenoxy) is 1. The predicted octanol–water partition coefficient (Wildman–Crippen LogP) is 2.97. The highest BCUT2D eigenvalue weighted by atomic mass is 127. The van der Waals surface area contributed by atoms with Gasteiger partial charge >= 0.3 is 0 Å². The van der Waals surface area contributed by atoms with Crippen LogP contribution in [0.1, 0.15) is 58.8 Å². The Balaban J connectivity index is 0.00000280. The van der Waals surface area contributed by atoms with Crippen LogP contribution >= 0.6 is 24.0 Å². The molecule has 164 valence electrons. The van der Waals surface area contributed by atoms with Gasteiger partial charge in [-0.25, -0.2) is 8.42 Å². The molecule has 2 N–H and O–H groups in total. The summed E-state index contributed by atoms with van der Waals surface area (Å²) in [5.74, 6) is 2.35. The zero-order chi connectivity index (χ0) is 19.3. The Morgan fingerprint density at radius 1 is 1.18 bits per heavy atom. The maximum absolute atomic E-state index is 11.7. The fraction of sp³-hybridized carbons (Fsp3) is 0.950. The van der Waals surface area contributed by atoms with E-state index in [1.165, 1.54) is 25.7 Å². The van der Waals surface area contributed by atoms with Gasteiger partial charge in [0.15, 0.2) is 15.8 Å². The molecule has 0 radical (unpaired) electrons. The molecule has 1 aliphatic carbocycles. The lowest BCUT2D eigenvalue weighted by Gasteiger charge is -2.34. The second kappa shape index (κ2) is 10.8. The lowest BCUT2D eigenvalue weighted by Crippen LogP contribution is -2.48. The second-order valence-electron chi connectivity index (χ2n) is 9.25. The van der Waals surface area contributed by atoms with Crippen molar-refractivity contribution < 1.29 is 13.2 Å². The van der Waals surface area contributed by atoms with Gasteiger partial charge in [-0.05, 0) is 49.4 Å². The van der Waals surface area contributed by atoms with Crippen molar-refractivity contribution in [1.29, 1.82) is 0 Å². The van der Waals surface area contributed by atoms with Crippen LogP contribution in [0.5, 0.6) is 0 Å². The van der Waals surface area contributed by atoms with E-state index in [-0.39, 0.29) is 35.3 Å². The first-order chi connectivity index (χ1) is 12.9. The molecule has 28 heavy (non-hydrogen) atoms. The quantitative estimate of drug-likeness (QED) is 0.327. The normalized spacial score (nSPS) is 32.4. The van der Waals surface area contributed by atoms with Crippen LogP contribution in [0.2, 0.25) is 0 Å². The maximum Gasteiger partial charge on any atom is 0.191 e. The van der Waals surface area contributed by atoms with Gasteiger partial charge in [0, 0.05) is 32.3 Å². The van der Waals surface area contributed by atoms with E-state index in [1.807, 2.05) is 0 Å². The first-order valence-electron chi connectivity index (χ1n) is 10.7. The zero-order valence-corrected chi connectivity index (χ0v) is 20.6. The van der Waals surface area contributed by atoms with Gasteiger partial charge in [-0.15, -0.1) is 24.0 Å². The van der Waals surface area contributed by atoms with E-state index in [2.05, 4.69) is 24.5 Å². The topological polar surface area (TPSA) is 79.8 Å². The number of nitrogens with zero attached hydrogens (tertiary/aromatic N) is 1. The minimum absolute atomic E-state index is 0. The molecule has 2 aliphatic heterocycles. The smallest absolute Gasteiger partial charge is 0.191 e. The van der Waals surface area contributed by atoms with Crippen molar-refractivity contribution in [2.24, 2.45) is 22.2 Å².